The molecule has 2 saturated carbocycles. The molecule has 2 aliphatic rings. The number of hydrogen-bond acceptors (Lipinski definition) is 2. The van der Waals surface area contributed by atoms with E-state index in [1.165, 1.54) is 0 Å². The van der Waals surface area contributed by atoms with Crippen molar-refractivity contribution in [2.24, 2.45) is 16.7 Å². The lowest BCUT2D eigenvalue weighted by molar-refractivity contribution is 0.130. The van der Waals surface area contributed by atoms with E-state index in [2.05, 4.69) is 27.7 Å². The van der Waals surface area contributed by atoms with Crippen molar-refractivity contribution >= 4 is 0 Å². The predicted molar refractivity (Wildman–Crippen MR) is 76.1 cm³/mol. The molecule has 2 aliphatic carbocycles. The highest BCUT2D eigenvalue weighted by Crippen LogP contribution is 2.72. The number of hydrogen-bond donors (Lipinski definition) is 1. The lowest BCUT2D eigenvalue weighted by atomic mass is 9.99. The fourth-order valence-corrected chi connectivity index (χ4v) is 3.38. The molecule has 0 heterocycles. The second kappa shape index (κ2) is 3.99. The van der Waals surface area contributed by atoms with Crippen molar-refractivity contribution in [2.45, 2.75) is 52.7 Å². The van der Waals surface area contributed by atoms with Gasteiger partial charge in [0.2, 0.25) is 0 Å². The fraction of sp³-hybridized carbons (Fsp3) is 0.647. The van der Waals surface area contributed by atoms with Crippen molar-refractivity contribution in [3.05, 3.63) is 29.8 Å². The Balaban J connectivity index is 1.78. The van der Waals surface area contributed by atoms with E-state index in [1.807, 2.05) is 24.3 Å². The summed E-state index contributed by atoms with van der Waals surface area (Å²) in [5.74, 6) is 1.21. The summed E-state index contributed by atoms with van der Waals surface area (Å²) in [6, 6.07) is 7.98. The third kappa shape index (κ3) is 2.06. The van der Waals surface area contributed by atoms with Gasteiger partial charge in [-0.25, -0.2) is 0 Å². The Labute approximate surface area is 115 Å². The molecule has 1 atom stereocenters. The van der Waals surface area contributed by atoms with Crippen LogP contribution in [0.5, 0.6) is 5.75 Å². The van der Waals surface area contributed by atoms with Gasteiger partial charge in [-0.1, -0.05) is 39.8 Å². The van der Waals surface area contributed by atoms with Crippen LogP contribution in [0.2, 0.25) is 0 Å². The summed E-state index contributed by atoms with van der Waals surface area (Å²) in [5.41, 5.74) is 1.38. The van der Waals surface area contributed by atoms with E-state index in [0.29, 0.717) is 12.0 Å². The van der Waals surface area contributed by atoms with Crippen molar-refractivity contribution in [1.29, 1.82) is 0 Å². The maximum Gasteiger partial charge on any atom is 0.120 e. The van der Waals surface area contributed by atoms with Crippen LogP contribution in [-0.2, 0) is 0 Å². The number of aliphatic hydroxyl groups is 1. The van der Waals surface area contributed by atoms with Crippen LogP contribution in [0.4, 0.5) is 0 Å². The summed E-state index contributed by atoms with van der Waals surface area (Å²) in [5, 5.41) is 10.7. The Morgan fingerprint density at radius 1 is 1.16 bits per heavy atom. The molecular weight excluding hydrogens is 236 g/mol. The molecular formula is C17H24O2. The third-order valence-corrected chi connectivity index (χ3v) is 5.47. The minimum absolute atomic E-state index is 0.194. The molecule has 104 valence electrons. The smallest absolute Gasteiger partial charge is 0.120 e. The van der Waals surface area contributed by atoms with Crippen LogP contribution in [0.1, 0.15) is 52.2 Å². The average molecular weight is 260 g/mol. The maximum absolute atomic E-state index is 10.7. The van der Waals surface area contributed by atoms with Crippen LogP contribution in [0.25, 0.3) is 0 Å². The largest absolute Gasteiger partial charge is 0.490 e. The van der Waals surface area contributed by atoms with Gasteiger partial charge in [0.15, 0.2) is 0 Å². The lowest BCUT2D eigenvalue weighted by Gasteiger charge is -2.14. The van der Waals surface area contributed by atoms with E-state index in [1.54, 1.807) is 0 Å². The average Bonchev–Trinajstić information content (AvgIpc) is 3.19. The molecule has 1 unspecified atom stereocenters. The van der Waals surface area contributed by atoms with Crippen LogP contribution >= 0.6 is 0 Å². The first kappa shape index (κ1) is 13.0. The van der Waals surface area contributed by atoms with Crippen LogP contribution in [0, 0.1) is 16.7 Å². The molecule has 0 saturated heterocycles. The van der Waals surface area contributed by atoms with Gasteiger partial charge in [-0.2, -0.15) is 0 Å². The standard InChI is InChI=1S/C17H24O2/c1-16(2)15(17(16,3)4)14(18)11-6-5-7-13(10-11)19-12-8-9-12/h5-7,10,12,14-15,18H,8-9H2,1-4H3. The van der Waals surface area contributed by atoms with E-state index in [0.717, 1.165) is 24.2 Å². The quantitative estimate of drug-likeness (QED) is 0.888. The van der Waals surface area contributed by atoms with E-state index < -0.39 is 6.10 Å². The molecule has 0 aromatic heterocycles. The lowest BCUT2D eigenvalue weighted by Crippen LogP contribution is -2.06. The molecule has 19 heavy (non-hydrogen) atoms. The van der Waals surface area contributed by atoms with Crippen molar-refractivity contribution in [3.8, 4) is 5.75 Å². The molecule has 1 aromatic carbocycles. The van der Waals surface area contributed by atoms with Gasteiger partial charge in [-0.15, -0.1) is 0 Å². The van der Waals surface area contributed by atoms with Crippen LogP contribution < -0.4 is 4.74 Å². The van der Waals surface area contributed by atoms with Crippen LogP contribution in [-0.4, -0.2) is 11.2 Å². The van der Waals surface area contributed by atoms with E-state index in [-0.39, 0.29) is 10.8 Å². The van der Waals surface area contributed by atoms with Gasteiger partial charge in [0.05, 0.1) is 12.2 Å². The van der Waals surface area contributed by atoms with Gasteiger partial charge >= 0.3 is 0 Å². The highest BCUT2D eigenvalue weighted by Gasteiger charge is 2.67. The number of ether oxygens (including phenoxy) is 1. The van der Waals surface area contributed by atoms with Crippen molar-refractivity contribution < 1.29 is 9.84 Å². The topological polar surface area (TPSA) is 29.5 Å². The monoisotopic (exact) mass is 260 g/mol. The predicted octanol–water partition coefficient (Wildman–Crippen LogP) is 3.94. The number of aliphatic hydroxyl groups excluding tert-OH is 1. The van der Waals surface area contributed by atoms with Crippen molar-refractivity contribution in [3.63, 3.8) is 0 Å². The molecule has 0 bridgehead atoms. The zero-order valence-corrected chi connectivity index (χ0v) is 12.3. The Morgan fingerprint density at radius 3 is 2.32 bits per heavy atom. The van der Waals surface area contributed by atoms with Gasteiger partial charge in [0.1, 0.15) is 5.75 Å². The molecule has 2 fully saturated rings. The molecule has 0 spiro atoms. The first-order valence-corrected chi connectivity index (χ1v) is 7.29. The first-order valence-electron chi connectivity index (χ1n) is 7.29. The van der Waals surface area contributed by atoms with Crippen molar-refractivity contribution in [1.82, 2.24) is 0 Å². The minimum Gasteiger partial charge on any atom is -0.490 e. The minimum atomic E-state index is -0.396. The molecule has 1 aromatic rings. The van der Waals surface area contributed by atoms with Crippen molar-refractivity contribution in [2.75, 3.05) is 0 Å². The summed E-state index contributed by atoms with van der Waals surface area (Å²) in [6.07, 6.45) is 2.33. The molecule has 2 heteroatoms. The molecule has 0 amide bonds. The second-order valence-electron chi connectivity index (χ2n) is 7.26. The van der Waals surface area contributed by atoms with Gasteiger partial charge in [-0.05, 0) is 41.4 Å². The zero-order valence-electron chi connectivity index (χ0n) is 12.3. The van der Waals surface area contributed by atoms with Crippen LogP contribution in [0.3, 0.4) is 0 Å². The van der Waals surface area contributed by atoms with Gasteiger partial charge in [0.25, 0.3) is 0 Å². The van der Waals surface area contributed by atoms with E-state index in [4.69, 9.17) is 4.74 Å². The highest BCUT2D eigenvalue weighted by molar-refractivity contribution is 5.33. The van der Waals surface area contributed by atoms with E-state index in [9.17, 15) is 5.11 Å². The third-order valence-electron chi connectivity index (χ3n) is 5.47. The second-order valence-corrected chi connectivity index (χ2v) is 7.26. The Kier molecular flexibility index (Phi) is 2.72. The summed E-state index contributed by atoms with van der Waals surface area (Å²) < 4.78 is 5.81. The molecule has 3 rings (SSSR count). The molecule has 0 radical (unpaired) electrons. The Morgan fingerprint density at radius 2 is 1.79 bits per heavy atom. The normalized spacial score (nSPS) is 25.9. The molecule has 0 aliphatic heterocycles. The highest BCUT2D eigenvalue weighted by atomic mass is 16.5. The SMILES string of the molecule is CC1(C)C(C(O)c2cccc(OC3CC3)c2)C1(C)C. The maximum atomic E-state index is 10.7. The fourth-order valence-electron chi connectivity index (χ4n) is 3.38. The van der Waals surface area contributed by atoms with Gasteiger partial charge in [-0.3, -0.25) is 0 Å². The van der Waals surface area contributed by atoms with Gasteiger partial charge in [0, 0.05) is 5.92 Å². The summed E-state index contributed by atoms with van der Waals surface area (Å²) in [6.45, 7) is 8.97. The number of benzene rings is 1. The summed E-state index contributed by atoms with van der Waals surface area (Å²) in [7, 11) is 0. The number of rotatable bonds is 4. The zero-order chi connectivity index (χ0) is 13.8. The summed E-state index contributed by atoms with van der Waals surface area (Å²) in [4.78, 5) is 0. The summed E-state index contributed by atoms with van der Waals surface area (Å²) >= 11 is 0. The molecule has 2 nitrogen and oxygen atoms in total. The Hall–Kier alpha value is -1.02. The molecule has 1 N–H and O–H groups in total. The Bertz CT molecular complexity index is 472. The van der Waals surface area contributed by atoms with Crippen LogP contribution in [0.15, 0.2) is 24.3 Å². The van der Waals surface area contributed by atoms with Gasteiger partial charge < -0.3 is 9.84 Å². The first-order chi connectivity index (χ1) is 8.84. The van der Waals surface area contributed by atoms with E-state index >= 15 is 0 Å².